The monoisotopic (exact) mass is 356 g/mol. The number of hydrogen-bond donors (Lipinski definition) is 1. The molecule has 2 aromatic carbocycles. The summed E-state index contributed by atoms with van der Waals surface area (Å²) in [6, 6.07) is 13.0. The molecule has 0 fully saturated rings. The molecule has 2 aromatic rings. The Bertz CT molecular complexity index is 759. The molecule has 26 heavy (non-hydrogen) atoms. The summed E-state index contributed by atoms with van der Waals surface area (Å²) in [5.74, 6) is 1.65. The SMILES string of the molecule is CCCOc1ccc(/C=N/NC(=O)COc2ccccc2C)cc1OC. The number of nitrogens with one attached hydrogen (secondary N) is 1. The molecule has 1 amide bonds. The highest BCUT2D eigenvalue weighted by Crippen LogP contribution is 2.27. The van der Waals surface area contributed by atoms with Gasteiger partial charge in [0, 0.05) is 0 Å². The van der Waals surface area contributed by atoms with Gasteiger partial charge in [-0.1, -0.05) is 25.1 Å². The van der Waals surface area contributed by atoms with Crippen LogP contribution in [0.4, 0.5) is 0 Å². The van der Waals surface area contributed by atoms with E-state index in [1.165, 1.54) is 6.21 Å². The van der Waals surface area contributed by atoms with E-state index in [9.17, 15) is 4.79 Å². The molecule has 0 radical (unpaired) electrons. The van der Waals surface area contributed by atoms with Gasteiger partial charge < -0.3 is 14.2 Å². The van der Waals surface area contributed by atoms with Crippen molar-refractivity contribution in [2.75, 3.05) is 20.3 Å². The van der Waals surface area contributed by atoms with Gasteiger partial charge >= 0.3 is 0 Å². The van der Waals surface area contributed by atoms with E-state index >= 15 is 0 Å². The number of nitrogens with zero attached hydrogens (tertiary/aromatic N) is 1. The minimum atomic E-state index is -0.334. The van der Waals surface area contributed by atoms with Crippen molar-refractivity contribution in [2.24, 2.45) is 5.10 Å². The van der Waals surface area contributed by atoms with Gasteiger partial charge in [-0.25, -0.2) is 5.43 Å². The Morgan fingerprint density at radius 1 is 1.12 bits per heavy atom. The maximum absolute atomic E-state index is 11.8. The van der Waals surface area contributed by atoms with Crippen LogP contribution in [0.15, 0.2) is 47.6 Å². The van der Waals surface area contributed by atoms with Crippen molar-refractivity contribution >= 4 is 12.1 Å². The molecule has 0 unspecified atom stereocenters. The summed E-state index contributed by atoms with van der Waals surface area (Å²) < 4.78 is 16.4. The van der Waals surface area contributed by atoms with Gasteiger partial charge in [0.2, 0.25) is 0 Å². The van der Waals surface area contributed by atoms with Crippen LogP contribution in [-0.2, 0) is 4.79 Å². The van der Waals surface area contributed by atoms with E-state index in [4.69, 9.17) is 14.2 Å². The Balaban J connectivity index is 1.87. The summed E-state index contributed by atoms with van der Waals surface area (Å²) in [6.07, 6.45) is 2.46. The van der Waals surface area contributed by atoms with Crippen molar-refractivity contribution < 1.29 is 19.0 Å². The Labute approximate surface area is 153 Å². The van der Waals surface area contributed by atoms with Crippen molar-refractivity contribution in [3.63, 3.8) is 0 Å². The van der Waals surface area contributed by atoms with Crippen molar-refractivity contribution in [3.8, 4) is 17.2 Å². The van der Waals surface area contributed by atoms with Crippen LogP contribution in [0.3, 0.4) is 0 Å². The van der Waals surface area contributed by atoms with Crippen molar-refractivity contribution in [3.05, 3.63) is 53.6 Å². The van der Waals surface area contributed by atoms with Gasteiger partial charge in [-0.15, -0.1) is 0 Å². The van der Waals surface area contributed by atoms with Gasteiger partial charge in [-0.3, -0.25) is 4.79 Å². The van der Waals surface area contributed by atoms with E-state index in [0.29, 0.717) is 23.9 Å². The summed E-state index contributed by atoms with van der Waals surface area (Å²) >= 11 is 0. The summed E-state index contributed by atoms with van der Waals surface area (Å²) in [6.45, 7) is 4.49. The summed E-state index contributed by atoms with van der Waals surface area (Å²) in [5, 5.41) is 3.94. The molecule has 0 bridgehead atoms. The molecule has 0 heterocycles. The lowest BCUT2D eigenvalue weighted by atomic mass is 10.2. The minimum absolute atomic E-state index is 0.102. The average Bonchev–Trinajstić information content (AvgIpc) is 2.66. The van der Waals surface area contributed by atoms with E-state index in [1.54, 1.807) is 13.2 Å². The number of para-hydroxylation sites is 1. The first-order valence-electron chi connectivity index (χ1n) is 8.45. The zero-order valence-electron chi connectivity index (χ0n) is 15.3. The fourth-order valence-corrected chi connectivity index (χ4v) is 2.17. The van der Waals surface area contributed by atoms with Crippen molar-refractivity contribution in [1.82, 2.24) is 5.43 Å². The number of carbonyl (C=O) groups excluding carboxylic acids is 1. The van der Waals surface area contributed by atoms with Crippen LogP contribution >= 0.6 is 0 Å². The lowest BCUT2D eigenvalue weighted by Gasteiger charge is -2.10. The summed E-state index contributed by atoms with van der Waals surface area (Å²) in [7, 11) is 1.58. The van der Waals surface area contributed by atoms with Crippen LogP contribution in [0.5, 0.6) is 17.2 Å². The van der Waals surface area contributed by atoms with Crippen LogP contribution in [0.1, 0.15) is 24.5 Å². The number of hydrazone groups is 1. The lowest BCUT2D eigenvalue weighted by Crippen LogP contribution is -2.24. The zero-order valence-corrected chi connectivity index (χ0v) is 15.3. The first-order chi connectivity index (χ1) is 12.6. The molecule has 0 aliphatic heterocycles. The summed E-state index contributed by atoms with van der Waals surface area (Å²) in [4.78, 5) is 11.8. The highest BCUT2D eigenvalue weighted by atomic mass is 16.5. The smallest absolute Gasteiger partial charge is 0.277 e. The number of methoxy groups -OCH3 is 1. The number of amides is 1. The standard InChI is InChI=1S/C20H24N2O4/c1-4-11-25-18-10-9-16(12-19(18)24-3)13-21-22-20(23)14-26-17-8-6-5-7-15(17)2/h5-10,12-13H,4,11,14H2,1-3H3,(H,22,23)/b21-13+. The van der Waals surface area contributed by atoms with Crippen molar-refractivity contribution in [2.45, 2.75) is 20.3 Å². The van der Waals surface area contributed by atoms with Crippen LogP contribution in [0.25, 0.3) is 0 Å². The summed E-state index contributed by atoms with van der Waals surface area (Å²) in [5.41, 5.74) is 4.20. The maximum atomic E-state index is 11.8. The van der Waals surface area contributed by atoms with Crippen LogP contribution < -0.4 is 19.6 Å². The van der Waals surface area contributed by atoms with Gasteiger partial charge in [-0.05, 0) is 48.7 Å². The highest BCUT2D eigenvalue weighted by molar-refractivity contribution is 5.83. The van der Waals surface area contributed by atoms with Crippen LogP contribution in [0, 0.1) is 6.92 Å². The predicted molar refractivity (Wildman–Crippen MR) is 101 cm³/mol. The zero-order chi connectivity index (χ0) is 18.8. The lowest BCUT2D eigenvalue weighted by molar-refractivity contribution is -0.123. The molecule has 0 spiro atoms. The number of carbonyl (C=O) groups is 1. The molecule has 0 aliphatic carbocycles. The first-order valence-corrected chi connectivity index (χ1v) is 8.45. The fraction of sp³-hybridized carbons (Fsp3) is 0.300. The van der Waals surface area contributed by atoms with Gasteiger partial charge in [0.25, 0.3) is 5.91 Å². The van der Waals surface area contributed by atoms with Gasteiger partial charge in [0.1, 0.15) is 5.75 Å². The quantitative estimate of drug-likeness (QED) is 0.553. The predicted octanol–water partition coefficient (Wildman–Crippen LogP) is 3.32. The minimum Gasteiger partial charge on any atom is -0.493 e. The van der Waals surface area contributed by atoms with Gasteiger partial charge in [0.15, 0.2) is 18.1 Å². The third-order valence-corrected chi connectivity index (χ3v) is 3.50. The van der Waals surface area contributed by atoms with Crippen molar-refractivity contribution in [1.29, 1.82) is 0 Å². The molecule has 0 aromatic heterocycles. The number of hydrogen-bond acceptors (Lipinski definition) is 5. The molecular formula is C20H24N2O4. The highest BCUT2D eigenvalue weighted by Gasteiger charge is 2.05. The second kappa shape index (κ2) is 10.1. The van der Waals surface area contributed by atoms with E-state index < -0.39 is 0 Å². The second-order valence-corrected chi connectivity index (χ2v) is 5.61. The molecule has 0 atom stereocenters. The average molecular weight is 356 g/mol. The Kier molecular flexibility index (Phi) is 7.49. The van der Waals surface area contributed by atoms with E-state index in [0.717, 1.165) is 17.5 Å². The third kappa shape index (κ3) is 5.81. The Morgan fingerprint density at radius 2 is 1.92 bits per heavy atom. The van der Waals surface area contributed by atoms with Gasteiger partial charge in [0.05, 0.1) is 19.9 Å². The Hall–Kier alpha value is -3.02. The number of rotatable bonds is 9. The van der Waals surface area contributed by atoms with Crippen LogP contribution in [-0.4, -0.2) is 32.4 Å². The first kappa shape index (κ1) is 19.3. The molecular weight excluding hydrogens is 332 g/mol. The van der Waals surface area contributed by atoms with E-state index in [2.05, 4.69) is 10.5 Å². The molecule has 0 saturated carbocycles. The second-order valence-electron chi connectivity index (χ2n) is 5.61. The molecule has 2 rings (SSSR count). The topological polar surface area (TPSA) is 69.2 Å². The molecule has 6 heteroatoms. The number of benzene rings is 2. The maximum Gasteiger partial charge on any atom is 0.277 e. The molecule has 1 N–H and O–H groups in total. The number of ether oxygens (including phenoxy) is 3. The number of aryl methyl sites for hydroxylation is 1. The third-order valence-electron chi connectivity index (χ3n) is 3.50. The molecule has 0 saturated heterocycles. The van der Waals surface area contributed by atoms with Gasteiger partial charge in [-0.2, -0.15) is 5.10 Å². The largest absolute Gasteiger partial charge is 0.493 e. The normalized spacial score (nSPS) is 10.6. The van der Waals surface area contributed by atoms with E-state index in [1.807, 2.05) is 50.2 Å². The molecule has 6 nitrogen and oxygen atoms in total. The molecule has 138 valence electrons. The van der Waals surface area contributed by atoms with E-state index in [-0.39, 0.29) is 12.5 Å². The Morgan fingerprint density at radius 3 is 2.65 bits per heavy atom. The van der Waals surface area contributed by atoms with Crippen LogP contribution in [0.2, 0.25) is 0 Å². The molecule has 0 aliphatic rings. The fourth-order valence-electron chi connectivity index (χ4n) is 2.17.